The quantitative estimate of drug-likeness (QED) is 0.823. The highest BCUT2D eigenvalue weighted by molar-refractivity contribution is 7.99. The van der Waals surface area contributed by atoms with E-state index in [4.69, 9.17) is 4.98 Å². The molecule has 1 saturated carbocycles. The topological polar surface area (TPSA) is 80.7 Å². The van der Waals surface area contributed by atoms with Crippen LogP contribution in [0.3, 0.4) is 0 Å². The third-order valence-corrected chi connectivity index (χ3v) is 7.68. The standard InChI is InChI=1S/C17H21N5OS2/c1-9-7-24-14(18-9)19-11(23)8-25-15-20-13-12(21-22-15)10-5-6-17(13,4)16(10,2)3/h7,10H,5-6,8H2,1-4H3,(H,18,19,23)/t10-,17-/m1/s1. The third-order valence-electron chi connectivity index (χ3n) is 5.97. The smallest absolute Gasteiger partial charge is 0.236 e. The van der Waals surface area contributed by atoms with Gasteiger partial charge in [0.1, 0.15) is 0 Å². The van der Waals surface area contributed by atoms with Gasteiger partial charge in [-0.2, -0.15) is 5.10 Å². The van der Waals surface area contributed by atoms with E-state index in [-0.39, 0.29) is 22.5 Å². The summed E-state index contributed by atoms with van der Waals surface area (Å²) in [5.41, 5.74) is 3.28. The lowest BCUT2D eigenvalue weighted by atomic mass is 9.70. The SMILES string of the molecule is Cc1csc(NC(=O)CSc2nnc3c(n2)[C@@]2(C)CC[C@H]3C2(C)C)n1. The molecule has 0 aromatic carbocycles. The molecule has 2 heterocycles. The van der Waals surface area contributed by atoms with E-state index in [1.165, 1.54) is 23.1 Å². The molecular weight excluding hydrogens is 354 g/mol. The highest BCUT2D eigenvalue weighted by atomic mass is 32.2. The summed E-state index contributed by atoms with van der Waals surface area (Å²) in [6.07, 6.45) is 2.30. The Morgan fingerprint density at radius 3 is 2.88 bits per heavy atom. The number of nitrogens with zero attached hydrogens (tertiary/aromatic N) is 4. The van der Waals surface area contributed by atoms with E-state index in [1.807, 2.05) is 12.3 Å². The van der Waals surface area contributed by atoms with Crippen LogP contribution >= 0.6 is 23.1 Å². The third kappa shape index (κ3) is 2.57. The zero-order valence-electron chi connectivity index (χ0n) is 14.8. The van der Waals surface area contributed by atoms with Gasteiger partial charge in [0, 0.05) is 16.7 Å². The number of aromatic nitrogens is 4. The molecule has 2 aromatic heterocycles. The van der Waals surface area contributed by atoms with E-state index in [9.17, 15) is 4.79 Å². The number of fused-ring (bicyclic) bond motifs is 5. The summed E-state index contributed by atoms with van der Waals surface area (Å²) in [5.74, 6) is 0.599. The van der Waals surface area contributed by atoms with Crippen molar-refractivity contribution in [2.45, 2.75) is 57.0 Å². The number of carbonyl (C=O) groups excluding carboxylic acids is 1. The second kappa shape index (κ2) is 5.74. The Bertz CT molecular complexity index is 849. The van der Waals surface area contributed by atoms with Crippen molar-refractivity contribution in [1.82, 2.24) is 20.2 Å². The maximum Gasteiger partial charge on any atom is 0.236 e. The number of thiazole rings is 1. The molecule has 1 amide bonds. The minimum atomic E-state index is -0.100. The molecule has 0 spiro atoms. The molecule has 1 fully saturated rings. The number of nitrogens with one attached hydrogen (secondary N) is 1. The van der Waals surface area contributed by atoms with Crippen molar-refractivity contribution < 1.29 is 4.79 Å². The molecule has 2 aliphatic rings. The average molecular weight is 376 g/mol. The van der Waals surface area contributed by atoms with Crippen LogP contribution in [0.15, 0.2) is 10.5 Å². The van der Waals surface area contributed by atoms with Gasteiger partial charge in [-0.25, -0.2) is 9.97 Å². The van der Waals surface area contributed by atoms with Gasteiger partial charge in [-0.3, -0.25) is 4.79 Å². The summed E-state index contributed by atoms with van der Waals surface area (Å²) in [6, 6.07) is 0. The summed E-state index contributed by atoms with van der Waals surface area (Å²) in [6.45, 7) is 8.81. The Balaban J connectivity index is 1.46. The van der Waals surface area contributed by atoms with Crippen LogP contribution in [-0.4, -0.2) is 31.8 Å². The van der Waals surface area contributed by atoms with Crippen molar-refractivity contribution in [3.8, 4) is 0 Å². The molecule has 0 radical (unpaired) electrons. The highest BCUT2D eigenvalue weighted by Crippen LogP contribution is 2.66. The van der Waals surface area contributed by atoms with Crippen molar-refractivity contribution in [3.63, 3.8) is 0 Å². The van der Waals surface area contributed by atoms with Gasteiger partial charge in [0.25, 0.3) is 0 Å². The van der Waals surface area contributed by atoms with Crippen LogP contribution in [0, 0.1) is 12.3 Å². The molecule has 6 nitrogen and oxygen atoms in total. The normalized spacial score (nSPS) is 25.8. The molecule has 1 N–H and O–H groups in total. The molecule has 0 saturated heterocycles. The summed E-state index contributed by atoms with van der Waals surface area (Å²) >= 11 is 2.75. The monoisotopic (exact) mass is 375 g/mol. The fourth-order valence-corrected chi connectivity index (χ4v) is 5.41. The Morgan fingerprint density at radius 2 is 2.16 bits per heavy atom. The number of thioether (sulfide) groups is 1. The largest absolute Gasteiger partial charge is 0.301 e. The lowest BCUT2D eigenvalue weighted by molar-refractivity contribution is -0.113. The molecule has 0 aliphatic heterocycles. The number of rotatable bonds is 4. The first-order valence-corrected chi connectivity index (χ1v) is 10.3. The number of anilines is 1. The van der Waals surface area contributed by atoms with Crippen molar-refractivity contribution in [3.05, 3.63) is 22.5 Å². The number of hydrogen-bond donors (Lipinski definition) is 1. The maximum absolute atomic E-state index is 12.1. The fraction of sp³-hybridized carbons (Fsp3) is 0.588. The minimum absolute atomic E-state index is 0.0545. The first kappa shape index (κ1) is 16.9. The van der Waals surface area contributed by atoms with Gasteiger partial charge < -0.3 is 5.32 Å². The highest BCUT2D eigenvalue weighted by Gasteiger charge is 2.61. The van der Waals surface area contributed by atoms with Gasteiger partial charge in [0.2, 0.25) is 11.1 Å². The molecule has 8 heteroatoms. The average Bonchev–Trinajstić information content (AvgIpc) is 3.12. The molecule has 2 aliphatic carbocycles. The maximum atomic E-state index is 12.1. The first-order valence-electron chi connectivity index (χ1n) is 8.41. The van der Waals surface area contributed by atoms with Crippen molar-refractivity contribution in [2.24, 2.45) is 5.41 Å². The van der Waals surface area contributed by atoms with Crippen molar-refractivity contribution >= 4 is 34.1 Å². The van der Waals surface area contributed by atoms with Gasteiger partial charge >= 0.3 is 0 Å². The number of hydrogen-bond acceptors (Lipinski definition) is 7. The van der Waals surface area contributed by atoms with Gasteiger partial charge in [0.15, 0.2) is 5.13 Å². The molecule has 2 aromatic rings. The van der Waals surface area contributed by atoms with E-state index in [2.05, 4.69) is 41.3 Å². The van der Waals surface area contributed by atoms with Crippen LogP contribution < -0.4 is 5.32 Å². The Morgan fingerprint density at radius 1 is 1.36 bits per heavy atom. The predicted molar refractivity (Wildman–Crippen MR) is 99.1 cm³/mol. The molecule has 4 rings (SSSR count). The summed E-state index contributed by atoms with van der Waals surface area (Å²) in [4.78, 5) is 21.1. The van der Waals surface area contributed by atoms with Crippen LogP contribution in [-0.2, 0) is 10.2 Å². The number of amides is 1. The van der Waals surface area contributed by atoms with Crippen LogP contribution in [0.5, 0.6) is 0 Å². The number of aryl methyl sites for hydroxylation is 1. The van der Waals surface area contributed by atoms with Gasteiger partial charge in [-0.1, -0.05) is 32.5 Å². The Hall–Kier alpha value is -1.54. The van der Waals surface area contributed by atoms with E-state index >= 15 is 0 Å². The summed E-state index contributed by atoms with van der Waals surface area (Å²) < 4.78 is 0. The van der Waals surface area contributed by atoms with Gasteiger partial charge in [0.05, 0.1) is 22.8 Å². The second-order valence-electron chi connectivity index (χ2n) is 7.60. The van der Waals surface area contributed by atoms with E-state index in [1.54, 1.807) is 0 Å². The zero-order chi connectivity index (χ0) is 17.8. The Labute approximate surface area is 155 Å². The zero-order valence-corrected chi connectivity index (χ0v) is 16.4. The summed E-state index contributed by atoms with van der Waals surface area (Å²) in [5, 5.41) is 14.7. The van der Waals surface area contributed by atoms with Crippen LogP contribution in [0.1, 0.15) is 56.6 Å². The first-order chi connectivity index (χ1) is 11.8. The van der Waals surface area contributed by atoms with Gasteiger partial charge in [-0.15, -0.1) is 16.4 Å². The molecule has 2 bridgehead atoms. The minimum Gasteiger partial charge on any atom is -0.301 e. The molecule has 2 atom stereocenters. The van der Waals surface area contributed by atoms with Crippen LogP contribution in [0.2, 0.25) is 0 Å². The molecule has 25 heavy (non-hydrogen) atoms. The van der Waals surface area contributed by atoms with Gasteiger partial charge in [-0.05, 0) is 25.2 Å². The predicted octanol–water partition coefficient (Wildman–Crippen LogP) is 3.54. The van der Waals surface area contributed by atoms with E-state index < -0.39 is 0 Å². The molecule has 0 unspecified atom stereocenters. The molecular formula is C17H21N5OS2. The lowest BCUT2D eigenvalue weighted by Gasteiger charge is -2.33. The van der Waals surface area contributed by atoms with Crippen LogP contribution in [0.4, 0.5) is 5.13 Å². The number of carbonyl (C=O) groups is 1. The second-order valence-corrected chi connectivity index (χ2v) is 9.40. The van der Waals surface area contributed by atoms with E-state index in [0.717, 1.165) is 29.9 Å². The lowest BCUT2D eigenvalue weighted by Crippen LogP contribution is -2.32. The molecule has 132 valence electrons. The fourth-order valence-electron chi connectivity index (χ4n) is 4.12. The van der Waals surface area contributed by atoms with Crippen LogP contribution in [0.25, 0.3) is 0 Å². The van der Waals surface area contributed by atoms with Crippen molar-refractivity contribution in [2.75, 3.05) is 11.1 Å². The Kier molecular flexibility index (Phi) is 3.88. The summed E-state index contributed by atoms with van der Waals surface area (Å²) in [7, 11) is 0. The van der Waals surface area contributed by atoms with Crippen molar-refractivity contribution in [1.29, 1.82) is 0 Å². The van der Waals surface area contributed by atoms with E-state index in [0.29, 0.717) is 16.2 Å².